The lowest BCUT2D eigenvalue weighted by atomic mass is 10.2. The fourth-order valence-corrected chi connectivity index (χ4v) is 2.40. The molecule has 5 heteroatoms. The predicted molar refractivity (Wildman–Crippen MR) is 96.4 cm³/mol. The third-order valence-electron chi connectivity index (χ3n) is 3.25. The second-order valence-corrected chi connectivity index (χ2v) is 5.84. The molecule has 0 aromatic heterocycles. The van der Waals surface area contributed by atoms with Crippen LogP contribution in [-0.4, -0.2) is 30.6 Å². The maximum absolute atomic E-state index is 12.0. The standard InChI is InChI=1S/C18H20ClNO2.ClH/c1-14(12-20(2)13-15-6-4-3-5-7-15)22-18(21)16-8-10-17(19)11-9-16;/h3-11,14H,12-13H2,1-2H3;1H. The molecule has 0 heterocycles. The molecular weight excluding hydrogens is 333 g/mol. The van der Waals surface area contributed by atoms with Crippen LogP contribution in [0.25, 0.3) is 0 Å². The van der Waals surface area contributed by atoms with Gasteiger partial charge in [0.05, 0.1) is 5.56 Å². The van der Waals surface area contributed by atoms with Gasteiger partial charge in [-0.15, -0.1) is 12.4 Å². The minimum Gasteiger partial charge on any atom is -0.458 e. The first kappa shape index (κ1) is 19.5. The van der Waals surface area contributed by atoms with Crippen LogP contribution in [-0.2, 0) is 11.3 Å². The summed E-state index contributed by atoms with van der Waals surface area (Å²) < 4.78 is 5.46. The molecule has 0 aliphatic carbocycles. The molecule has 0 radical (unpaired) electrons. The predicted octanol–water partition coefficient (Wildman–Crippen LogP) is 4.44. The lowest BCUT2D eigenvalue weighted by Crippen LogP contribution is -2.30. The first-order valence-electron chi connectivity index (χ1n) is 7.23. The van der Waals surface area contributed by atoms with E-state index in [-0.39, 0.29) is 24.5 Å². The van der Waals surface area contributed by atoms with Gasteiger partial charge in [0.1, 0.15) is 6.10 Å². The summed E-state index contributed by atoms with van der Waals surface area (Å²) in [7, 11) is 2.01. The van der Waals surface area contributed by atoms with Gasteiger partial charge in [-0.25, -0.2) is 4.79 Å². The average Bonchev–Trinajstić information content (AvgIpc) is 2.48. The summed E-state index contributed by atoms with van der Waals surface area (Å²) in [5.74, 6) is -0.322. The van der Waals surface area contributed by atoms with Crippen molar-refractivity contribution in [1.82, 2.24) is 4.90 Å². The van der Waals surface area contributed by atoms with Gasteiger partial charge in [-0.1, -0.05) is 41.9 Å². The molecule has 0 saturated carbocycles. The van der Waals surface area contributed by atoms with Crippen molar-refractivity contribution in [3.05, 3.63) is 70.7 Å². The first-order chi connectivity index (χ1) is 10.5. The van der Waals surface area contributed by atoms with Gasteiger partial charge in [-0.05, 0) is 43.8 Å². The highest BCUT2D eigenvalue weighted by Gasteiger charge is 2.14. The minimum absolute atomic E-state index is 0. The number of carbonyl (C=O) groups is 1. The minimum atomic E-state index is -0.322. The first-order valence-corrected chi connectivity index (χ1v) is 7.61. The van der Waals surface area contributed by atoms with Gasteiger partial charge in [0.15, 0.2) is 0 Å². The number of hydrogen-bond donors (Lipinski definition) is 0. The molecular formula is C18H21Cl2NO2. The molecule has 0 fully saturated rings. The second kappa shape index (κ2) is 9.56. The lowest BCUT2D eigenvalue weighted by Gasteiger charge is -2.21. The third-order valence-corrected chi connectivity index (χ3v) is 3.50. The summed E-state index contributed by atoms with van der Waals surface area (Å²) in [6.45, 7) is 3.40. The Labute approximate surface area is 148 Å². The van der Waals surface area contributed by atoms with Gasteiger partial charge >= 0.3 is 5.97 Å². The van der Waals surface area contributed by atoms with Crippen LogP contribution in [0.2, 0.25) is 5.02 Å². The maximum atomic E-state index is 12.0. The molecule has 2 rings (SSSR count). The van der Waals surface area contributed by atoms with Gasteiger partial charge in [-0.2, -0.15) is 0 Å². The number of likely N-dealkylation sites (N-methyl/N-ethyl adjacent to an activating group) is 1. The fraction of sp³-hybridized carbons (Fsp3) is 0.278. The number of carbonyl (C=O) groups excluding carboxylic acids is 1. The van der Waals surface area contributed by atoms with Crippen LogP contribution >= 0.6 is 24.0 Å². The topological polar surface area (TPSA) is 29.5 Å². The number of nitrogens with zero attached hydrogens (tertiary/aromatic N) is 1. The third kappa shape index (κ3) is 6.61. The SMILES string of the molecule is CC(CN(C)Cc1ccccc1)OC(=O)c1ccc(Cl)cc1.Cl. The molecule has 2 aromatic carbocycles. The maximum Gasteiger partial charge on any atom is 0.338 e. The molecule has 1 unspecified atom stereocenters. The van der Waals surface area contributed by atoms with Gasteiger partial charge in [-0.3, -0.25) is 4.90 Å². The molecule has 0 bridgehead atoms. The normalized spacial score (nSPS) is 11.7. The van der Waals surface area contributed by atoms with Crippen LogP contribution in [0.5, 0.6) is 0 Å². The van der Waals surface area contributed by atoms with Crippen molar-refractivity contribution in [1.29, 1.82) is 0 Å². The highest BCUT2D eigenvalue weighted by atomic mass is 35.5. The number of hydrogen-bond acceptors (Lipinski definition) is 3. The number of benzene rings is 2. The summed E-state index contributed by atoms with van der Waals surface area (Å²) in [6, 6.07) is 16.9. The molecule has 0 aliphatic rings. The zero-order valence-electron chi connectivity index (χ0n) is 13.2. The molecule has 0 aliphatic heterocycles. The van der Waals surface area contributed by atoms with Crippen LogP contribution in [0.4, 0.5) is 0 Å². The van der Waals surface area contributed by atoms with Crippen LogP contribution in [0.3, 0.4) is 0 Å². The Kier molecular flexibility index (Phi) is 8.10. The molecule has 23 heavy (non-hydrogen) atoms. The van der Waals surface area contributed by atoms with Crippen molar-refractivity contribution >= 4 is 30.0 Å². The van der Waals surface area contributed by atoms with Crippen LogP contribution in [0.1, 0.15) is 22.8 Å². The summed E-state index contributed by atoms with van der Waals surface area (Å²) in [5.41, 5.74) is 1.75. The van der Waals surface area contributed by atoms with Gasteiger partial charge in [0.25, 0.3) is 0 Å². The zero-order chi connectivity index (χ0) is 15.9. The van der Waals surface area contributed by atoms with E-state index < -0.39 is 0 Å². The van der Waals surface area contributed by atoms with Crippen molar-refractivity contribution in [3.63, 3.8) is 0 Å². The molecule has 124 valence electrons. The lowest BCUT2D eigenvalue weighted by molar-refractivity contribution is 0.0268. The molecule has 0 amide bonds. The second-order valence-electron chi connectivity index (χ2n) is 5.41. The highest BCUT2D eigenvalue weighted by molar-refractivity contribution is 6.30. The van der Waals surface area contributed by atoms with Crippen LogP contribution in [0.15, 0.2) is 54.6 Å². The van der Waals surface area contributed by atoms with Crippen molar-refractivity contribution in [2.24, 2.45) is 0 Å². The Morgan fingerprint density at radius 1 is 1.13 bits per heavy atom. The Hall–Kier alpha value is -1.55. The van der Waals surface area contributed by atoms with Crippen molar-refractivity contribution in [2.45, 2.75) is 19.6 Å². The van der Waals surface area contributed by atoms with E-state index >= 15 is 0 Å². The Balaban J connectivity index is 0.00000264. The van der Waals surface area contributed by atoms with E-state index in [1.54, 1.807) is 24.3 Å². The molecule has 0 saturated heterocycles. The molecule has 0 N–H and O–H groups in total. The van der Waals surface area contributed by atoms with Crippen LogP contribution < -0.4 is 0 Å². The zero-order valence-corrected chi connectivity index (χ0v) is 14.8. The van der Waals surface area contributed by atoms with E-state index in [1.807, 2.05) is 32.2 Å². The Bertz CT molecular complexity index is 602. The molecule has 1 atom stereocenters. The van der Waals surface area contributed by atoms with Crippen LogP contribution in [0, 0.1) is 0 Å². The number of rotatable bonds is 6. The Morgan fingerprint density at radius 2 is 1.74 bits per heavy atom. The van der Waals surface area contributed by atoms with Gasteiger partial charge in [0, 0.05) is 18.1 Å². The highest BCUT2D eigenvalue weighted by Crippen LogP contribution is 2.12. The monoisotopic (exact) mass is 353 g/mol. The summed E-state index contributed by atoms with van der Waals surface area (Å²) in [5, 5.41) is 0.604. The summed E-state index contributed by atoms with van der Waals surface area (Å²) in [4.78, 5) is 14.2. The van der Waals surface area contributed by atoms with E-state index in [2.05, 4.69) is 17.0 Å². The van der Waals surface area contributed by atoms with Gasteiger partial charge in [0.2, 0.25) is 0 Å². The summed E-state index contributed by atoms with van der Waals surface area (Å²) >= 11 is 5.81. The van der Waals surface area contributed by atoms with Gasteiger partial charge < -0.3 is 4.74 Å². The summed E-state index contributed by atoms with van der Waals surface area (Å²) in [6.07, 6.45) is -0.183. The number of esters is 1. The number of ether oxygens (including phenoxy) is 1. The van der Waals surface area contributed by atoms with E-state index in [1.165, 1.54) is 5.56 Å². The largest absolute Gasteiger partial charge is 0.458 e. The van der Waals surface area contributed by atoms with E-state index in [9.17, 15) is 4.79 Å². The Morgan fingerprint density at radius 3 is 2.35 bits per heavy atom. The van der Waals surface area contributed by atoms with Crippen molar-refractivity contribution in [3.8, 4) is 0 Å². The molecule has 0 spiro atoms. The van der Waals surface area contributed by atoms with Crippen molar-refractivity contribution < 1.29 is 9.53 Å². The quantitative estimate of drug-likeness (QED) is 0.719. The average molecular weight is 354 g/mol. The smallest absolute Gasteiger partial charge is 0.338 e. The van der Waals surface area contributed by atoms with E-state index in [0.29, 0.717) is 17.1 Å². The van der Waals surface area contributed by atoms with E-state index in [0.717, 1.165) is 6.54 Å². The fourth-order valence-electron chi connectivity index (χ4n) is 2.27. The van der Waals surface area contributed by atoms with Crippen molar-refractivity contribution in [2.75, 3.05) is 13.6 Å². The molecule has 2 aromatic rings. The van der Waals surface area contributed by atoms with E-state index in [4.69, 9.17) is 16.3 Å². The molecule has 3 nitrogen and oxygen atoms in total. The number of halogens is 2.